The lowest BCUT2D eigenvalue weighted by molar-refractivity contribution is -0.142. The maximum absolute atomic E-state index is 12.1. The Bertz CT molecular complexity index is 514. The zero-order valence-corrected chi connectivity index (χ0v) is 11.5. The van der Waals surface area contributed by atoms with Crippen LogP contribution in [0.3, 0.4) is 0 Å². The minimum Gasteiger partial charge on any atom is -0.508 e. The summed E-state index contributed by atoms with van der Waals surface area (Å²) in [5.41, 5.74) is 0.739. The smallest absolute Gasteiger partial charge is 0.308 e. The number of carbonyl (C=O) groups excluding carboxylic acids is 1. The first-order chi connectivity index (χ1) is 9.49. The quantitative estimate of drug-likeness (QED) is 0.874. The molecular weight excluding hydrogens is 258 g/mol. The van der Waals surface area contributed by atoms with E-state index >= 15 is 0 Å². The number of carboxylic acid groups (broad SMARTS) is 1. The van der Waals surface area contributed by atoms with E-state index in [9.17, 15) is 14.7 Å². The van der Waals surface area contributed by atoms with Gasteiger partial charge in [-0.1, -0.05) is 25.1 Å². The Hall–Kier alpha value is -2.04. The van der Waals surface area contributed by atoms with E-state index < -0.39 is 11.9 Å². The number of carbonyl (C=O) groups is 2. The monoisotopic (exact) mass is 277 g/mol. The summed E-state index contributed by atoms with van der Waals surface area (Å²) in [5.74, 6) is -1.18. The first-order valence-corrected chi connectivity index (χ1v) is 6.76. The van der Waals surface area contributed by atoms with Crippen LogP contribution in [-0.4, -0.2) is 40.1 Å². The Labute approximate surface area is 117 Å². The third-order valence-corrected chi connectivity index (χ3v) is 3.88. The van der Waals surface area contributed by atoms with Crippen LogP contribution >= 0.6 is 0 Å². The summed E-state index contributed by atoms with van der Waals surface area (Å²) in [4.78, 5) is 24.7. The summed E-state index contributed by atoms with van der Waals surface area (Å²) >= 11 is 0. The number of aryl methyl sites for hydroxylation is 1. The topological polar surface area (TPSA) is 77.8 Å². The Kier molecular flexibility index (Phi) is 4.27. The molecule has 1 saturated heterocycles. The molecule has 1 aliphatic rings. The summed E-state index contributed by atoms with van der Waals surface area (Å²) < 4.78 is 0. The van der Waals surface area contributed by atoms with Crippen LogP contribution in [0, 0.1) is 11.8 Å². The molecule has 1 aromatic rings. The summed E-state index contributed by atoms with van der Waals surface area (Å²) in [6.45, 7) is 2.64. The van der Waals surface area contributed by atoms with Crippen molar-refractivity contribution in [3.8, 4) is 5.75 Å². The van der Waals surface area contributed by atoms with E-state index in [2.05, 4.69) is 0 Å². The van der Waals surface area contributed by atoms with Crippen LogP contribution in [0.1, 0.15) is 18.9 Å². The highest BCUT2D eigenvalue weighted by atomic mass is 16.4. The molecular formula is C15H19NO4. The van der Waals surface area contributed by atoms with E-state index in [1.807, 2.05) is 13.0 Å². The number of likely N-dealkylation sites (tertiary alicyclic amines) is 1. The molecule has 1 heterocycles. The van der Waals surface area contributed by atoms with Gasteiger partial charge in [-0.2, -0.15) is 0 Å². The number of phenolic OH excluding ortho intramolecular Hbond substituents is 1. The maximum Gasteiger partial charge on any atom is 0.308 e. The van der Waals surface area contributed by atoms with Crippen molar-refractivity contribution < 1.29 is 19.8 Å². The van der Waals surface area contributed by atoms with Crippen molar-refractivity contribution in [2.75, 3.05) is 13.1 Å². The summed E-state index contributed by atoms with van der Waals surface area (Å²) in [7, 11) is 0. The molecule has 20 heavy (non-hydrogen) atoms. The second-order valence-electron chi connectivity index (χ2n) is 5.35. The fourth-order valence-electron chi connectivity index (χ4n) is 2.61. The fourth-order valence-corrected chi connectivity index (χ4v) is 2.61. The first-order valence-electron chi connectivity index (χ1n) is 6.76. The van der Waals surface area contributed by atoms with Crippen LogP contribution in [0.15, 0.2) is 24.3 Å². The molecule has 0 saturated carbocycles. The zero-order chi connectivity index (χ0) is 14.7. The molecule has 0 spiro atoms. The molecule has 2 rings (SSSR count). The number of nitrogens with zero attached hydrogens (tertiary/aromatic N) is 1. The number of benzene rings is 1. The lowest BCUT2D eigenvalue weighted by Crippen LogP contribution is -2.30. The third-order valence-electron chi connectivity index (χ3n) is 3.88. The van der Waals surface area contributed by atoms with Crippen molar-refractivity contribution in [2.24, 2.45) is 11.8 Å². The molecule has 0 radical (unpaired) electrons. The van der Waals surface area contributed by atoms with Crippen LogP contribution in [0.2, 0.25) is 0 Å². The lowest BCUT2D eigenvalue weighted by Gasteiger charge is -2.16. The predicted octanol–water partition coefficient (Wildman–Crippen LogP) is 1.50. The van der Waals surface area contributed by atoms with E-state index in [1.165, 1.54) is 0 Å². The molecule has 0 unspecified atom stereocenters. The Morgan fingerprint density at radius 3 is 2.60 bits per heavy atom. The normalized spacial score (nSPS) is 21.9. The molecule has 0 bridgehead atoms. The molecule has 2 N–H and O–H groups in total. The van der Waals surface area contributed by atoms with Crippen LogP contribution in [0.4, 0.5) is 0 Å². The van der Waals surface area contributed by atoms with Crippen LogP contribution in [0.5, 0.6) is 5.75 Å². The number of rotatable bonds is 4. The van der Waals surface area contributed by atoms with E-state index in [4.69, 9.17) is 5.11 Å². The van der Waals surface area contributed by atoms with Crippen molar-refractivity contribution in [1.82, 2.24) is 4.90 Å². The SMILES string of the molecule is C[C@@H]1CN(C(=O)CCc2ccccc2O)C[C@H]1C(=O)O. The van der Waals surface area contributed by atoms with Gasteiger partial charge in [-0.05, 0) is 24.0 Å². The number of amides is 1. The molecule has 1 aliphatic heterocycles. The van der Waals surface area contributed by atoms with Crippen molar-refractivity contribution in [3.63, 3.8) is 0 Å². The molecule has 0 aliphatic carbocycles. The standard InChI is InChI=1S/C15H19NO4/c1-10-8-16(9-12(10)15(19)20)14(18)7-6-11-4-2-3-5-13(11)17/h2-5,10,12,17H,6-9H2,1H3,(H,19,20)/t10-,12-/m1/s1. The van der Waals surface area contributed by atoms with Gasteiger partial charge in [-0.15, -0.1) is 0 Å². The van der Waals surface area contributed by atoms with Gasteiger partial charge in [-0.25, -0.2) is 0 Å². The van der Waals surface area contributed by atoms with Crippen molar-refractivity contribution in [1.29, 1.82) is 0 Å². The van der Waals surface area contributed by atoms with Gasteiger partial charge in [0.2, 0.25) is 5.91 Å². The van der Waals surface area contributed by atoms with Gasteiger partial charge < -0.3 is 15.1 Å². The van der Waals surface area contributed by atoms with Crippen LogP contribution in [0.25, 0.3) is 0 Å². The number of carboxylic acids is 1. The molecule has 0 aromatic heterocycles. The van der Waals surface area contributed by atoms with Gasteiger partial charge in [0.1, 0.15) is 5.75 Å². The maximum atomic E-state index is 12.1. The molecule has 1 amide bonds. The highest BCUT2D eigenvalue weighted by molar-refractivity contribution is 5.79. The summed E-state index contributed by atoms with van der Waals surface area (Å²) in [6.07, 6.45) is 0.755. The number of hydrogen-bond acceptors (Lipinski definition) is 3. The second-order valence-corrected chi connectivity index (χ2v) is 5.35. The number of aliphatic carboxylic acids is 1. The Morgan fingerprint density at radius 2 is 2.00 bits per heavy atom. The lowest BCUT2D eigenvalue weighted by atomic mass is 9.99. The van der Waals surface area contributed by atoms with E-state index in [0.29, 0.717) is 13.0 Å². The number of para-hydroxylation sites is 1. The summed E-state index contributed by atoms with van der Waals surface area (Å²) in [6, 6.07) is 6.94. The molecule has 5 heteroatoms. The van der Waals surface area contributed by atoms with E-state index in [0.717, 1.165) is 5.56 Å². The van der Waals surface area contributed by atoms with Gasteiger partial charge in [0, 0.05) is 19.5 Å². The third kappa shape index (κ3) is 3.10. The van der Waals surface area contributed by atoms with Crippen molar-refractivity contribution in [3.05, 3.63) is 29.8 Å². The Balaban J connectivity index is 1.90. The highest BCUT2D eigenvalue weighted by Crippen LogP contribution is 2.24. The highest BCUT2D eigenvalue weighted by Gasteiger charge is 2.36. The predicted molar refractivity (Wildman–Crippen MR) is 73.3 cm³/mol. The largest absolute Gasteiger partial charge is 0.508 e. The average Bonchev–Trinajstić information content (AvgIpc) is 2.80. The number of phenols is 1. The molecule has 5 nitrogen and oxygen atoms in total. The first kappa shape index (κ1) is 14.4. The fraction of sp³-hybridized carbons (Fsp3) is 0.467. The van der Waals surface area contributed by atoms with Gasteiger partial charge in [0.15, 0.2) is 0 Å². The van der Waals surface area contributed by atoms with E-state index in [1.54, 1.807) is 23.1 Å². The second kappa shape index (κ2) is 5.94. The molecule has 2 atom stereocenters. The number of hydrogen-bond donors (Lipinski definition) is 2. The van der Waals surface area contributed by atoms with Gasteiger partial charge in [0.25, 0.3) is 0 Å². The van der Waals surface area contributed by atoms with Crippen LogP contribution < -0.4 is 0 Å². The number of aromatic hydroxyl groups is 1. The average molecular weight is 277 g/mol. The summed E-state index contributed by atoms with van der Waals surface area (Å²) in [5, 5.41) is 18.7. The molecule has 1 aromatic carbocycles. The van der Waals surface area contributed by atoms with Gasteiger partial charge in [-0.3, -0.25) is 9.59 Å². The Morgan fingerprint density at radius 1 is 1.30 bits per heavy atom. The molecule has 108 valence electrons. The van der Waals surface area contributed by atoms with Gasteiger partial charge >= 0.3 is 5.97 Å². The molecule has 1 fully saturated rings. The van der Waals surface area contributed by atoms with Crippen LogP contribution in [-0.2, 0) is 16.0 Å². The van der Waals surface area contributed by atoms with E-state index in [-0.39, 0.29) is 30.5 Å². The zero-order valence-electron chi connectivity index (χ0n) is 11.5. The minimum atomic E-state index is -0.839. The van der Waals surface area contributed by atoms with Crippen molar-refractivity contribution in [2.45, 2.75) is 19.8 Å². The van der Waals surface area contributed by atoms with Crippen molar-refractivity contribution >= 4 is 11.9 Å². The minimum absolute atomic E-state index is 0.0124. The van der Waals surface area contributed by atoms with Gasteiger partial charge in [0.05, 0.1) is 5.92 Å².